The number of ether oxygens (including phenoxy) is 1. The molecule has 12 heteroatoms. The number of unbranched alkanes of at least 4 members (excludes halogenated alkanes) is 1. The SMILES string of the molecule is C=Nc1ccc(-c2ccc3cc(-c4cnc(CCCCNC(=O)CNC)[nH]4)ccc3c2)cc1NCC1CCCN1C(=O)C(NC(=O)OC)C(CC)CC. The fourth-order valence-corrected chi connectivity index (χ4v) is 7.16. The number of benzene rings is 3. The summed E-state index contributed by atoms with van der Waals surface area (Å²) in [4.78, 5) is 51.8. The number of alkyl carbamates (subject to hydrolysis) is 1. The number of aromatic amines is 1. The molecule has 5 rings (SSSR count). The molecule has 2 atom stereocenters. The fraction of sp³-hybridized carbons (Fsp3) is 0.439. The summed E-state index contributed by atoms with van der Waals surface area (Å²) in [5, 5.41) is 14.4. The quantitative estimate of drug-likeness (QED) is 0.0585. The van der Waals surface area contributed by atoms with E-state index in [1.807, 2.05) is 31.0 Å². The predicted octanol–water partition coefficient (Wildman–Crippen LogP) is 6.45. The van der Waals surface area contributed by atoms with E-state index in [9.17, 15) is 14.4 Å². The van der Waals surface area contributed by atoms with E-state index in [1.165, 1.54) is 7.11 Å². The molecule has 5 N–H and O–H groups in total. The number of aryl methyl sites for hydroxylation is 1. The number of nitrogens with one attached hydrogen (secondary N) is 5. The summed E-state index contributed by atoms with van der Waals surface area (Å²) in [5.41, 5.74) is 5.76. The molecule has 0 spiro atoms. The van der Waals surface area contributed by atoms with Crippen LogP contribution in [0.15, 0.2) is 65.8 Å². The molecule has 0 aliphatic carbocycles. The number of aromatic nitrogens is 2. The van der Waals surface area contributed by atoms with E-state index in [4.69, 9.17) is 4.74 Å². The molecule has 53 heavy (non-hydrogen) atoms. The van der Waals surface area contributed by atoms with E-state index in [2.05, 4.69) is 91.5 Å². The van der Waals surface area contributed by atoms with Crippen molar-refractivity contribution < 1.29 is 19.1 Å². The lowest BCUT2D eigenvalue weighted by atomic mass is 9.93. The largest absolute Gasteiger partial charge is 0.453 e. The number of H-pyrrole nitrogens is 1. The number of likely N-dealkylation sites (N-methyl/N-ethyl adjacent to an activating group) is 1. The van der Waals surface area contributed by atoms with Crippen molar-refractivity contribution in [3.8, 4) is 22.4 Å². The molecule has 1 aliphatic heterocycles. The number of rotatable bonds is 18. The molecule has 1 saturated heterocycles. The van der Waals surface area contributed by atoms with Crippen LogP contribution in [0.4, 0.5) is 16.2 Å². The number of anilines is 1. The molecule has 3 amide bonds. The normalized spacial score (nSPS) is 14.7. The molecule has 4 aromatic rings. The standard InChI is InChI=1S/C41H54N8O4/c1-6-27(7-2)39(48-41(52)53-5)40(51)49-20-10-11-33(49)24-45-35-23-31(17-18-34(35)43-4)29-13-14-30-22-32(16-15-28(30)21-29)36-25-46-37(47-36)12-8-9-19-44-38(50)26-42-3/h13-18,21-23,25,27,33,39,42,45H,4,6-12,19-20,24,26H2,1-3,5H3,(H,44,50)(H,46,47)(H,48,52). The van der Waals surface area contributed by atoms with E-state index < -0.39 is 12.1 Å². The molecule has 282 valence electrons. The highest BCUT2D eigenvalue weighted by molar-refractivity contribution is 5.91. The van der Waals surface area contributed by atoms with Crippen LogP contribution in [0.5, 0.6) is 0 Å². The summed E-state index contributed by atoms with van der Waals surface area (Å²) in [6.07, 6.45) is 7.27. The topological polar surface area (TPSA) is 153 Å². The predicted molar refractivity (Wildman–Crippen MR) is 213 cm³/mol. The van der Waals surface area contributed by atoms with E-state index in [0.717, 1.165) is 95.3 Å². The number of carbonyl (C=O) groups is 3. The Morgan fingerprint density at radius 1 is 1.02 bits per heavy atom. The Balaban J connectivity index is 1.24. The van der Waals surface area contributed by atoms with Gasteiger partial charge in [0.05, 0.1) is 36.9 Å². The van der Waals surface area contributed by atoms with E-state index in [1.54, 1.807) is 7.05 Å². The minimum absolute atomic E-state index is 0.0116. The van der Waals surface area contributed by atoms with Crippen LogP contribution in [0.2, 0.25) is 0 Å². The average Bonchev–Trinajstić information content (AvgIpc) is 3.86. The number of aliphatic imine (C=N–C) groups is 1. The lowest BCUT2D eigenvalue weighted by Crippen LogP contribution is -2.54. The van der Waals surface area contributed by atoms with Crippen molar-refractivity contribution in [3.63, 3.8) is 0 Å². The van der Waals surface area contributed by atoms with Crippen molar-refractivity contribution in [2.75, 3.05) is 45.7 Å². The Morgan fingerprint density at radius 3 is 2.45 bits per heavy atom. The summed E-state index contributed by atoms with van der Waals surface area (Å²) in [6, 6.07) is 18.3. The third kappa shape index (κ3) is 10.0. The van der Waals surface area contributed by atoms with Gasteiger partial charge in [0.2, 0.25) is 11.8 Å². The average molecular weight is 723 g/mol. The number of nitrogens with zero attached hydrogens (tertiary/aromatic N) is 3. The third-order valence-electron chi connectivity index (χ3n) is 10.2. The highest BCUT2D eigenvalue weighted by atomic mass is 16.5. The molecule has 12 nitrogen and oxygen atoms in total. The zero-order valence-electron chi connectivity index (χ0n) is 31.5. The van der Waals surface area contributed by atoms with Crippen LogP contribution in [-0.2, 0) is 20.7 Å². The number of amides is 3. The van der Waals surface area contributed by atoms with Gasteiger partial charge in [-0.3, -0.25) is 14.6 Å². The highest BCUT2D eigenvalue weighted by Crippen LogP contribution is 2.34. The maximum Gasteiger partial charge on any atom is 0.407 e. The monoisotopic (exact) mass is 722 g/mol. The number of methoxy groups -OCH3 is 1. The first kappa shape index (κ1) is 39.0. The Kier molecular flexibility index (Phi) is 14.0. The number of carbonyl (C=O) groups excluding carboxylic acids is 3. The van der Waals surface area contributed by atoms with Crippen LogP contribution in [-0.4, -0.2) is 91.9 Å². The summed E-state index contributed by atoms with van der Waals surface area (Å²) < 4.78 is 4.85. The van der Waals surface area contributed by atoms with Crippen molar-refractivity contribution in [1.29, 1.82) is 0 Å². The molecule has 2 heterocycles. The van der Waals surface area contributed by atoms with Crippen LogP contribution in [0, 0.1) is 5.92 Å². The first-order valence-corrected chi connectivity index (χ1v) is 18.8. The minimum Gasteiger partial charge on any atom is -0.453 e. The Hall–Kier alpha value is -5.23. The molecule has 1 aromatic heterocycles. The number of imidazole rings is 1. The summed E-state index contributed by atoms with van der Waals surface area (Å²) in [6.45, 7) is 10.1. The van der Waals surface area contributed by atoms with Crippen molar-refractivity contribution in [2.24, 2.45) is 10.9 Å². The van der Waals surface area contributed by atoms with Crippen LogP contribution in [0.25, 0.3) is 33.2 Å². The van der Waals surface area contributed by atoms with Gasteiger partial charge in [-0.2, -0.15) is 0 Å². The van der Waals surface area contributed by atoms with E-state index >= 15 is 0 Å². The third-order valence-corrected chi connectivity index (χ3v) is 10.2. The Morgan fingerprint density at radius 2 is 1.74 bits per heavy atom. The molecular weight excluding hydrogens is 669 g/mol. The summed E-state index contributed by atoms with van der Waals surface area (Å²) >= 11 is 0. The first-order valence-electron chi connectivity index (χ1n) is 18.8. The second-order valence-corrected chi connectivity index (χ2v) is 13.6. The zero-order valence-corrected chi connectivity index (χ0v) is 31.5. The van der Waals surface area contributed by atoms with Gasteiger partial charge in [-0.15, -0.1) is 0 Å². The molecular formula is C41H54N8O4. The fourth-order valence-electron chi connectivity index (χ4n) is 7.16. The maximum absolute atomic E-state index is 13.8. The van der Waals surface area contributed by atoms with Gasteiger partial charge < -0.3 is 35.9 Å². The first-order chi connectivity index (χ1) is 25.8. The van der Waals surface area contributed by atoms with Gasteiger partial charge >= 0.3 is 6.09 Å². The van der Waals surface area contributed by atoms with Gasteiger partial charge in [-0.1, -0.05) is 57.0 Å². The molecule has 2 unspecified atom stereocenters. The van der Waals surface area contributed by atoms with Gasteiger partial charge in [0.15, 0.2) is 0 Å². The van der Waals surface area contributed by atoms with E-state index in [-0.39, 0.29) is 23.8 Å². The lowest BCUT2D eigenvalue weighted by molar-refractivity contribution is -0.135. The van der Waals surface area contributed by atoms with Crippen LogP contribution in [0.1, 0.15) is 58.2 Å². The Labute approximate surface area is 312 Å². The second-order valence-electron chi connectivity index (χ2n) is 13.6. The van der Waals surface area contributed by atoms with Gasteiger partial charge in [-0.05, 0) is 91.5 Å². The molecule has 0 saturated carbocycles. The number of hydrogen-bond acceptors (Lipinski definition) is 8. The molecule has 3 aromatic carbocycles. The van der Waals surface area contributed by atoms with Crippen LogP contribution < -0.4 is 21.3 Å². The molecule has 1 aliphatic rings. The second kappa shape index (κ2) is 19.0. The zero-order chi connectivity index (χ0) is 37.7. The minimum atomic E-state index is -0.626. The molecule has 0 radical (unpaired) electrons. The summed E-state index contributed by atoms with van der Waals surface area (Å²) in [7, 11) is 3.08. The van der Waals surface area contributed by atoms with Crippen LogP contribution in [0.3, 0.4) is 0 Å². The number of fused-ring (bicyclic) bond motifs is 1. The van der Waals surface area contributed by atoms with Gasteiger partial charge in [0.25, 0.3) is 0 Å². The van der Waals surface area contributed by atoms with Crippen molar-refractivity contribution >= 4 is 46.8 Å². The molecule has 0 bridgehead atoms. The summed E-state index contributed by atoms with van der Waals surface area (Å²) in [5.74, 6) is 0.911. The van der Waals surface area contributed by atoms with Crippen molar-refractivity contribution in [1.82, 2.24) is 30.8 Å². The smallest absolute Gasteiger partial charge is 0.407 e. The Bertz CT molecular complexity index is 1870. The van der Waals surface area contributed by atoms with Gasteiger partial charge in [0, 0.05) is 37.7 Å². The maximum atomic E-state index is 13.8. The number of likely N-dealkylation sites (tertiary alicyclic amines) is 1. The number of hydrogen-bond donors (Lipinski definition) is 5. The van der Waals surface area contributed by atoms with E-state index in [0.29, 0.717) is 26.2 Å². The van der Waals surface area contributed by atoms with Crippen molar-refractivity contribution in [2.45, 2.75) is 70.9 Å². The lowest BCUT2D eigenvalue weighted by Gasteiger charge is -2.32. The van der Waals surface area contributed by atoms with Gasteiger partial charge in [0.1, 0.15) is 11.9 Å². The van der Waals surface area contributed by atoms with Crippen molar-refractivity contribution in [3.05, 3.63) is 66.6 Å². The molecule has 1 fully saturated rings. The van der Waals surface area contributed by atoms with Gasteiger partial charge in [-0.25, -0.2) is 9.78 Å². The highest BCUT2D eigenvalue weighted by Gasteiger charge is 2.37. The van der Waals surface area contributed by atoms with Crippen LogP contribution >= 0.6 is 0 Å².